The van der Waals surface area contributed by atoms with Crippen LogP contribution >= 0.6 is 0 Å². The molecule has 0 aliphatic heterocycles. The van der Waals surface area contributed by atoms with E-state index >= 15 is 0 Å². The predicted octanol–water partition coefficient (Wildman–Crippen LogP) is 2.22. The van der Waals surface area contributed by atoms with Crippen molar-refractivity contribution in [3.63, 3.8) is 0 Å². The summed E-state index contributed by atoms with van der Waals surface area (Å²) in [5.74, 6) is 0.305. The second-order valence-electron chi connectivity index (χ2n) is 3.22. The minimum Gasteiger partial charge on any atom is -0.303 e. The Morgan fingerprint density at radius 3 is 2.25 bits per heavy atom. The van der Waals surface area contributed by atoms with Crippen molar-refractivity contribution in [2.75, 3.05) is 0 Å². The largest absolute Gasteiger partial charge is 0.303 e. The van der Waals surface area contributed by atoms with Crippen LogP contribution in [0.3, 0.4) is 0 Å². The van der Waals surface area contributed by atoms with Gasteiger partial charge in [0.2, 0.25) is 0 Å². The Bertz CT molecular complexity index is 152. The van der Waals surface area contributed by atoms with Crippen LogP contribution in [0, 0.1) is 11.8 Å². The monoisotopic (exact) mass is 170 g/mol. The number of rotatable bonds is 6. The molecule has 0 heterocycles. The summed E-state index contributed by atoms with van der Waals surface area (Å²) in [6.45, 7) is 5.88. The fourth-order valence-electron chi connectivity index (χ4n) is 1.20. The third-order valence-corrected chi connectivity index (χ3v) is 2.37. The van der Waals surface area contributed by atoms with Crippen LogP contribution in [0.5, 0.6) is 0 Å². The van der Waals surface area contributed by atoms with E-state index in [0.717, 1.165) is 19.1 Å². The topological polar surface area (TPSA) is 34.1 Å². The van der Waals surface area contributed by atoms with Crippen LogP contribution in [0.25, 0.3) is 0 Å². The Balaban J connectivity index is 4.10. The van der Waals surface area contributed by atoms with Gasteiger partial charge in [-0.3, -0.25) is 4.79 Å². The fraction of sp³-hybridized carbons (Fsp3) is 0.800. The first-order valence-corrected chi connectivity index (χ1v) is 4.64. The maximum Gasteiger partial charge on any atom is 0.139 e. The van der Waals surface area contributed by atoms with Gasteiger partial charge < -0.3 is 4.79 Å². The zero-order valence-electron chi connectivity index (χ0n) is 8.17. The first-order chi connectivity index (χ1) is 5.67. The van der Waals surface area contributed by atoms with E-state index in [1.165, 1.54) is 0 Å². The highest BCUT2D eigenvalue weighted by atomic mass is 16.1. The lowest BCUT2D eigenvalue weighted by Crippen LogP contribution is -2.21. The quantitative estimate of drug-likeness (QED) is 0.573. The highest BCUT2D eigenvalue weighted by Gasteiger charge is 2.20. The van der Waals surface area contributed by atoms with Gasteiger partial charge in [0.25, 0.3) is 0 Å². The Hall–Kier alpha value is -0.660. The zero-order valence-corrected chi connectivity index (χ0v) is 8.17. The molecular weight excluding hydrogens is 152 g/mol. The molecule has 0 saturated carbocycles. The maximum absolute atomic E-state index is 11.5. The van der Waals surface area contributed by atoms with Gasteiger partial charge in [-0.15, -0.1) is 0 Å². The molecule has 0 aromatic heterocycles. The van der Waals surface area contributed by atoms with E-state index in [4.69, 9.17) is 0 Å². The molecule has 0 radical (unpaired) electrons. The van der Waals surface area contributed by atoms with Gasteiger partial charge in [0.15, 0.2) is 0 Å². The second-order valence-corrected chi connectivity index (χ2v) is 3.22. The number of aldehydes is 1. The van der Waals surface area contributed by atoms with Crippen LogP contribution in [-0.4, -0.2) is 12.1 Å². The van der Waals surface area contributed by atoms with Crippen LogP contribution in [-0.2, 0) is 9.59 Å². The van der Waals surface area contributed by atoms with E-state index in [1.54, 1.807) is 0 Å². The molecule has 0 saturated heterocycles. The van der Waals surface area contributed by atoms with Crippen molar-refractivity contribution in [3.8, 4) is 0 Å². The molecule has 0 aromatic rings. The number of ketones is 1. The smallest absolute Gasteiger partial charge is 0.139 e. The standard InChI is InChI=1S/C10H18O2/c1-4-8(3)10(12)9(5-2)6-7-11/h7-9H,4-6H2,1-3H3. The molecule has 2 atom stereocenters. The zero-order chi connectivity index (χ0) is 9.56. The summed E-state index contributed by atoms with van der Waals surface area (Å²) < 4.78 is 0. The summed E-state index contributed by atoms with van der Waals surface area (Å²) in [6.07, 6.45) is 2.88. The van der Waals surface area contributed by atoms with Crippen molar-refractivity contribution in [1.82, 2.24) is 0 Å². The highest BCUT2D eigenvalue weighted by Crippen LogP contribution is 2.15. The summed E-state index contributed by atoms with van der Waals surface area (Å²) in [6, 6.07) is 0. The first-order valence-electron chi connectivity index (χ1n) is 4.64. The highest BCUT2D eigenvalue weighted by molar-refractivity contribution is 5.84. The fourth-order valence-corrected chi connectivity index (χ4v) is 1.20. The van der Waals surface area contributed by atoms with Gasteiger partial charge in [-0.25, -0.2) is 0 Å². The van der Waals surface area contributed by atoms with Gasteiger partial charge in [0, 0.05) is 18.3 Å². The van der Waals surface area contributed by atoms with E-state index in [9.17, 15) is 9.59 Å². The van der Waals surface area contributed by atoms with Gasteiger partial charge >= 0.3 is 0 Å². The number of hydrogen-bond acceptors (Lipinski definition) is 2. The third-order valence-electron chi connectivity index (χ3n) is 2.37. The lowest BCUT2D eigenvalue weighted by molar-refractivity contribution is -0.128. The molecule has 0 aliphatic carbocycles. The Labute approximate surface area is 74.3 Å². The van der Waals surface area contributed by atoms with Crippen LogP contribution in [0.2, 0.25) is 0 Å². The van der Waals surface area contributed by atoms with Crippen molar-refractivity contribution in [1.29, 1.82) is 0 Å². The molecule has 0 aromatic carbocycles. The van der Waals surface area contributed by atoms with E-state index in [-0.39, 0.29) is 17.6 Å². The molecule has 0 N–H and O–H groups in total. The van der Waals surface area contributed by atoms with Crippen LogP contribution in [0.1, 0.15) is 40.0 Å². The van der Waals surface area contributed by atoms with Crippen molar-refractivity contribution in [2.45, 2.75) is 40.0 Å². The van der Waals surface area contributed by atoms with E-state index in [2.05, 4.69) is 0 Å². The van der Waals surface area contributed by atoms with Crippen LogP contribution in [0.4, 0.5) is 0 Å². The van der Waals surface area contributed by atoms with Gasteiger partial charge in [-0.1, -0.05) is 20.8 Å². The minimum atomic E-state index is -0.0440. The predicted molar refractivity (Wildman–Crippen MR) is 48.9 cm³/mol. The third kappa shape index (κ3) is 3.16. The van der Waals surface area contributed by atoms with Gasteiger partial charge in [-0.05, 0) is 12.8 Å². The molecule has 0 amide bonds. The Morgan fingerprint density at radius 2 is 1.92 bits per heavy atom. The molecule has 0 bridgehead atoms. The summed E-state index contributed by atoms with van der Waals surface area (Å²) in [5, 5.41) is 0. The van der Waals surface area contributed by atoms with E-state index in [0.29, 0.717) is 6.42 Å². The molecule has 2 unspecified atom stereocenters. The summed E-state index contributed by atoms with van der Waals surface area (Å²) in [5.41, 5.74) is 0. The molecule has 0 spiro atoms. The SMILES string of the molecule is CCC(C)C(=O)C(CC)CC=O. The van der Waals surface area contributed by atoms with Crippen molar-refractivity contribution in [2.24, 2.45) is 11.8 Å². The Morgan fingerprint density at radius 1 is 1.33 bits per heavy atom. The number of carbonyl (C=O) groups excluding carboxylic acids is 2. The lowest BCUT2D eigenvalue weighted by Gasteiger charge is -2.14. The molecule has 70 valence electrons. The average Bonchev–Trinajstić information content (AvgIpc) is 2.11. The van der Waals surface area contributed by atoms with Crippen LogP contribution in [0.15, 0.2) is 0 Å². The minimum absolute atomic E-state index is 0.0440. The summed E-state index contributed by atoms with van der Waals surface area (Å²) in [7, 11) is 0. The Kier molecular flexibility index (Phi) is 5.60. The second kappa shape index (κ2) is 5.92. The number of carbonyl (C=O) groups is 2. The van der Waals surface area contributed by atoms with Gasteiger partial charge in [-0.2, -0.15) is 0 Å². The summed E-state index contributed by atoms with van der Waals surface area (Å²) >= 11 is 0. The normalized spacial score (nSPS) is 15.2. The molecule has 0 fully saturated rings. The average molecular weight is 170 g/mol. The van der Waals surface area contributed by atoms with E-state index < -0.39 is 0 Å². The molecule has 2 nitrogen and oxygen atoms in total. The lowest BCUT2D eigenvalue weighted by atomic mass is 9.89. The van der Waals surface area contributed by atoms with E-state index in [1.807, 2.05) is 20.8 Å². The molecule has 12 heavy (non-hydrogen) atoms. The number of Topliss-reactive ketones (excluding diaryl/α,β-unsaturated/α-hetero) is 1. The molecule has 2 heteroatoms. The summed E-state index contributed by atoms with van der Waals surface area (Å²) in [4.78, 5) is 21.8. The van der Waals surface area contributed by atoms with Crippen molar-refractivity contribution < 1.29 is 9.59 Å². The van der Waals surface area contributed by atoms with Crippen LogP contribution < -0.4 is 0 Å². The van der Waals surface area contributed by atoms with Gasteiger partial charge in [0.1, 0.15) is 12.1 Å². The first kappa shape index (κ1) is 11.3. The van der Waals surface area contributed by atoms with Crippen molar-refractivity contribution in [3.05, 3.63) is 0 Å². The number of hydrogen-bond donors (Lipinski definition) is 0. The molecule has 0 aliphatic rings. The molecular formula is C10H18O2. The van der Waals surface area contributed by atoms with Crippen molar-refractivity contribution >= 4 is 12.1 Å². The van der Waals surface area contributed by atoms with Gasteiger partial charge in [0.05, 0.1) is 0 Å². The maximum atomic E-state index is 11.5. The molecule has 0 rings (SSSR count).